The van der Waals surface area contributed by atoms with Crippen molar-refractivity contribution in [3.8, 4) is 5.75 Å². The fourth-order valence-corrected chi connectivity index (χ4v) is 2.08. The van der Waals surface area contributed by atoms with Crippen LogP contribution in [0.15, 0.2) is 47.8 Å². The summed E-state index contributed by atoms with van der Waals surface area (Å²) in [4.78, 5) is 13.4. The number of ether oxygens (including phenoxy) is 1. The summed E-state index contributed by atoms with van der Waals surface area (Å²) in [7, 11) is 1.75. The van der Waals surface area contributed by atoms with Gasteiger partial charge in [-0.15, -0.1) is 11.3 Å². The number of hydrogen-bond donors (Lipinski definition) is 1. The largest absolute Gasteiger partial charge is 0.492 e. The highest BCUT2D eigenvalue weighted by Gasteiger charge is 2.08. The van der Waals surface area contributed by atoms with E-state index >= 15 is 0 Å². The quantitative estimate of drug-likeness (QED) is 0.910. The van der Waals surface area contributed by atoms with E-state index in [2.05, 4.69) is 5.32 Å². The van der Waals surface area contributed by atoms with Crippen LogP contribution in [0.25, 0.3) is 0 Å². The topological polar surface area (TPSA) is 41.6 Å². The van der Waals surface area contributed by atoms with Crippen molar-refractivity contribution in [2.75, 3.05) is 25.5 Å². The summed E-state index contributed by atoms with van der Waals surface area (Å²) in [5.74, 6) is 0.814. The summed E-state index contributed by atoms with van der Waals surface area (Å²) in [5, 5.41) is 5.59. The molecule has 1 aromatic heterocycles. The average Bonchev–Trinajstić information content (AvgIpc) is 2.92. The van der Waals surface area contributed by atoms with E-state index in [0.717, 1.165) is 10.8 Å². The Balaban J connectivity index is 1.72. The van der Waals surface area contributed by atoms with Crippen molar-refractivity contribution in [2.24, 2.45) is 0 Å². The third kappa shape index (κ3) is 4.30. The van der Waals surface area contributed by atoms with E-state index in [1.807, 2.05) is 47.8 Å². The van der Waals surface area contributed by atoms with Gasteiger partial charge in [-0.05, 0) is 29.6 Å². The van der Waals surface area contributed by atoms with Gasteiger partial charge in [0.1, 0.15) is 12.4 Å². The SMILES string of the molecule is CN(CCOc1ccccc1)C(=O)Nc1cccs1. The van der Waals surface area contributed by atoms with Crippen LogP contribution < -0.4 is 10.1 Å². The lowest BCUT2D eigenvalue weighted by Crippen LogP contribution is -2.34. The van der Waals surface area contributed by atoms with Gasteiger partial charge in [0, 0.05) is 7.05 Å². The molecular formula is C14H16N2O2S. The maximum atomic E-state index is 11.8. The first-order valence-corrected chi connectivity index (χ1v) is 6.87. The maximum absolute atomic E-state index is 11.8. The van der Waals surface area contributed by atoms with Crippen molar-refractivity contribution in [1.82, 2.24) is 4.90 Å². The number of thiophene rings is 1. The molecule has 2 amide bonds. The second kappa shape index (κ2) is 6.80. The molecule has 0 unspecified atom stereocenters. The third-order valence-electron chi connectivity index (χ3n) is 2.54. The van der Waals surface area contributed by atoms with E-state index in [4.69, 9.17) is 4.74 Å². The predicted octanol–water partition coefficient (Wildman–Crippen LogP) is 3.29. The van der Waals surface area contributed by atoms with E-state index in [0.29, 0.717) is 13.2 Å². The number of carbonyl (C=O) groups excluding carboxylic acids is 1. The lowest BCUT2D eigenvalue weighted by atomic mass is 10.3. The van der Waals surface area contributed by atoms with Crippen molar-refractivity contribution < 1.29 is 9.53 Å². The summed E-state index contributed by atoms with van der Waals surface area (Å²) < 4.78 is 5.54. The fraction of sp³-hybridized carbons (Fsp3) is 0.214. The number of benzene rings is 1. The summed E-state index contributed by atoms with van der Waals surface area (Å²) >= 11 is 1.50. The Kier molecular flexibility index (Phi) is 4.80. The van der Waals surface area contributed by atoms with Crippen molar-refractivity contribution in [1.29, 1.82) is 0 Å². The van der Waals surface area contributed by atoms with Crippen LogP contribution >= 0.6 is 11.3 Å². The Morgan fingerprint density at radius 2 is 2.05 bits per heavy atom. The Hall–Kier alpha value is -2.01. The zero-order chi connectivity index (χ0) is 13.5. The Bertz CT molecular complexity index is 499. The first-order valence-electron chi connectivity index (χ1n) is 5.99. The third-order valence-corrected chi connectivity index (χ3v) is 3.32. The monoisotopic (exact) mass is 276 g/mol. The number of carbonyl (C=O) groups is 1. The molecule has 1 aromatic carbocycles. The molecule has 0 bridgehead atoms. The fourth-order valence-electron chi connectivity index (χ4n) is 1.47. The number of rotatable bonds is 5. The number of hydrogen-bond acceptors (Lipinski definition) is 3. The molecule has 0 aliphatic rings. The molecular weight excluding hydrogens is 260 g/mol. The number of amides is 2. The number of likely N-dealkylation sites (N-methyl/N-ethyl adjacent to an activating group) is 1. The van der Waals surface area contributed by atoms with Gasteiger partial charge in [0.25, 0.3) is 0 Å². The summed E-state index contributed by atoms with van der Waals surface area (Å²) in [5.41, 5.74) is 0. The van der Waals surface area contributed by atoms with Crippen LogP contribution in [-0.2, 0) is 0 Å². The molecule has 1 N–H and O–H groups in total. The molecule has 19 heavy (non-hydrogen) atoms. The molecule has 1 heterocycles. The lowest BCUT2D eigenvalue weighted by molar-refractivity contribution is 0.207. The molecule has 2 aromatic rings. The predicted molar refractivity (Wildman–Crippen MR) is 77.9 cm³/mol. The minimum Gasteiger partial charge on any atom is -0.492 e. The van der Waals surface area contributed by atoms with E-state index in [1.165, 1.54) is 11.3 Å². The Morgan fingerprint density at radius 3 is 2.74 bits per heavy atom. The van der Waals surface area contributed by atoms with Crippen LogP contribution in [0.4, 0.5) is 9.80 Å². The van der Waals surface area contributed by atoms with E-state index in [-0.39, 0.29) is 6.03 Å². The average molecular weight is 276 g/mol. The standard InChI is InChI=1S/C14H16N2O2S/c1-16(14(17)15-13-8-5-11-19-13)9-10-18-12-6-3-2-4-7-12/h2-8,11H,9-10H2,1H3,(H,15,17). The van der Waals surface area contributed by atoms with Gasteiger partial charge in [0.2, 0.25) is 0 Å². The van der Waals surface area contributed by atoms with Crippen molar-refractivity contribution in [2.45, 2.75) is 0 Å². The molecule has 5 heteroatoms. The highest BCUT2D eigenvalue weighted by atomic mass is 32.1. The first kappa shape index (κ1) is 13.4. The van der Waals surface area contributed by atoms with Crippen LogP contribution in [-0.4, -0.2) is 31.1 Å². The van der Waals surface area contributed by atoms with Crippen LogP contribution in [0.3, 0.4) is 0 Å². The molecule has 2 rings (SSSR count). The van der Waals surface area contributed by atoms with Gasteiger partial charge in [-0.1, -0.05) is 18.2 Å². The molecule has 0 aliphatic carbocycles. The lowest BCUT2D eigenvalue weighted by Gasteiger charge is -2.17. The van der Waals surface area contributed by atoms with Crippen LogP contribution in [0, 0.1) is 0 Å². The van der Waals surface area contributed by atoms with Crippen molar-refractivity contribution >= 4 is 22.4 Å². The Morgan fingerprint density at radius 1 is 1.26 bits per heavy atom. The van der Waals surface area contributed by atoms with Crippen molar-refractivity contribution in [3.63, 3.8) is 0 Å². The number of nitrogens with one attached hydrogen (secondary N) is 1. The second-order valence-corrected chi connectivity index (χ2v) is 4.94. The molecule has 100 valence electrons. The second-order valence-electron chi connectivity index (χ2n) is 3.99. The van der Waals surface area contributed by atoms with Gasteiger partial charge in [-0.3, -0.25) is 5.32 Å². The van der Waals surface area contributed by atoms with Gasteiger partial charge in [-0.25, -0.2) is 4.79 Å². The molecule has 0 saturated heterocycles. The molecule has 0 radical (unpaired) electrons. The van der Waals surface area contributed by atoms with Crippen LogP contribution in [0.2, 0.25) is 0 Å². The zero-order valence-electron chi connectivity index (χ0n) is 10.7. The molecule has 0 saturated carbocycles. The Labute approximate surface area is 116 Å². The highest BCUT2D eigenvalue weighted by molar-refractivity contribution is 7.14. The van der Waals surface area contributed by atoms with E-state index < -0.39 is 0 Å². The first-order chi connectivity index (χ1) is 9.25. The number of para-hydroxylation sites is 1. The van der Waals surface area contributed by atoms with Gasteiger partial charge in [0.15, 0.2) is 0 Å². The molecule has 0 atom stereocenters. The van der Waals surface area contributed by atoms with Gasteiger partial charge in [0.05, 0.1) is 11.5 Å². The van der Waals surface area contributed by atoms with Gasteiger partial charge >= 0.3 is 6.03 Å². The van der Waals surface area contributed by atoms with Gasteiger partial charge in [-0.2, -0.15) is 0 Å². The smallest absolute Gasteiger partial charge is 0.322 e. The minimum absolute atomic E-state index is 0.126. The number of nitrogens with zero attached hydrogens (tertiary/aromatic N) is 1. The van der Waals surface area contributed by atoms with E-state index in [1.54, 1.807) is 11.9 Å². The molecule has 0 aliphatic heterocycles. The zero-order valence-corrected chi connectivity index (χ0v) is 11.5. The van der Waals surface area contributed by atoms with Crippen LogP contribution in [0.1, 0.15) is 0 Å². The van der Waals surface area contributed by atoms with Gasteiger partial charge < -0.3 is 9.64 Å². The minimum atomic E-state index is -0.126. The van der Waals surface area contributed by atoms with E-state index in [9.17, 15) is 4.79 Å². The normalized spacial score (nSPS) is 9.95. The summed E-state index contributed by atoms with van der Waals surface area (Å²) in [6.07, 6.45) is 0. The highest BCUT2D eigenvalue weighted by Crippen LogP contribution is 2.15. The number of urea groups is 1. The summed E-state index contributed by atoms with van der Waals surface area (Å²) in [6.45, 7) is 1.00. The van der Waals surface area contributed by atoms with Crippen LogP contribution in [0.5, 0.6) is 5.75 Å². The maximum Gasteiger partial charge on any atom is 0.322 e. The summed E-state index contributed by atoms with van der Waals surface area (Å²) in [6, 6.07) is 13.2. The molecule has 0 spiro atoms. The number of anilines is 1. The molecule has 0 fully saturated rings. The van der Waals surface area contributed by atoms with Crippen molar-refractivity contribution in [3.05, 3.63) is 47.8 Å². The molecule has 4 nitrogen and oxygen atoms in total.